The Kier molecular flexibility index (Phi) is 6.55. The van der Waals surface area contributed by atoms with Gasteiger partial charge >= 0.3 is 0 Å². The topological polar surface area (TPSA) is 114 Å². The van der Waals surface area contributed by atoms with E-state index in [1.807, 2.05) is 23.1 Å². The maximum absolute atomic E-state index is 13.4. The molecule has 0 atom stereocenters. The standard InChI is InChI=1S/C23H21FN4O5S/c24-19-5-3-4-17(14-19)16-34(32,33)21-8-7-18(15-20(21)28(30)31)23(29)27-12-10-26(11-13-27)22-6-1-2-9-25-22/h1-9,14-15H,10-13,16H2. The molecule has 0 aliphatic carbocycles. The van der Waals surface area contributed by atoms with E-state index in [2.05, 4.69) is 4.98 Å². The second-order valence-electron chi connectivity index (χ2n) is 7.80. The van der Waals surface area contributed by atoms with Gasteiger partial charge in [-0.25, -0.2) is 17.8 Å². The van der Waals surface area contributed by atoms with Crippen molar-refractivity contribution in [3.05, 3.63) is 93.9 Å². The van der Waals surface area contributed by atoms with Gasteiger partial charge in [-0.05, 0) is 42.0 Å². The summed E-state index contributed by atoms with van der Waals surface area (Å²) in [5, 5.41) is 11.7. The summed E-state index contributed by atoms with van der Waals surface area (Å²) in [4.78, 5) is 31.2. The summed E-state index contributed by atoms with van der Waals surface area (Å²) in [6.07, 6.45) is 1.69. The number of aromatic nitrogens is 1. The van der Waals surface area contributed by atoms with E-state index in [0.29, 0.717) is 26.2 Å². The third kappa shape index (κ3) is 5.04. The zero-order valence-electron chi connectivity index (χ0n) is 18.0. The molecule has 1 aliphatic rings. The first kappa shape index (κ1) is 23.3. The Balaban J connectivity index is 1.53. The summed E-state index contributed by atoms with van der Waals surface area (Å²) in [7, 11) is -4.16. The van der Waals surface area contributed by atoms with Gasteiger partial charge < -0.3 is 9.80 Å². The highest BCUT2D eigenvalue weighted by Crippen LogP contribution is 2.29. The average Bonchev–Trinajstić information content (AvgIpc) is 2.83. The van der Waals surface area contributed by atoms with Gasteiger partial charge in [0.2, 0.25) is 0 Å². The Hall–Kier alpha value is -3.86. The monoisotopic (exact) mass is 484 g/mol. The number of amides is 1. The molecule has 1 saturated heterocycles. The number of rotatable bonds is 6. The Bertz CT molecular complexity index is 1330. The lowest BCUT2D eigenvalue weighted by atomic mass is 10.1. The number of halogens is 1. The van der Waals surface area contributed by atoms with E-state index in [9.17, 15) is 27.7 Å². The molecule has 176 valence electrons. The van der Waals surface area contributed by atoms with E-state index in [4.69, 9.17) is 0 Å². The maximum atomic E-state index is 13.4. The number of hydrogen-bond acceptors (Lipinski definition) is 7. The van der Waals surface area contributed by atoms with E-state index in [-0.39, 0.29) is 11.1 Å². The lowest BCUT2D eigenvalue weighted by Crippen LogP contribution is -2.49. The van der Waals surface area contributed by atoms with Gasteiger partial charge in [-0.2, -0.15) is 0 Å². The van der Waals surface area contributed by atoms with Crippen LogP contribution in [0.1, 0.15) is 15.9 Å². The van der Waals surface area contributed by atoms with Crippen molar-refractivity contribution >= 4 is 27.2 Å². The number of carbonyl (C=O) groups is 1. The number of carbonyl (C=O) groups excluding carboxylic acids is 1. The molecule has 1 amide bonds. The summed E-state index contributed by atoms with van der Waals surface area (Å²) in [6.45, 7) is 1.88. The molecule has 9 nitrogen and oxygen atoms in total. The van der Waals surface area contributed by atoms with Crippen LogP contribution in [0.3, 0.4) is 0 Å². The molecule has 11 heteroatoms. The number of nitro benzene ring substituents is 1. The molecule has 0 saturated carbocycles. The number of anilines is 1. The van der Waals surface area contributed by atoms with Crippen molar-refractivity contribution in [1.29, 1.82) is 0 Å². The largest absolute Gasteiger partial charge is 0.353 e. The Morgan fingerprint density at radius 3 is 2.44 bits per heavy atom. The fraction of sp³-hybridized carbons (Fsp3) is 0.217. The Morgan fingerprint density at radius 2 is 1.79 bits per heavy atom. The minimum absolute atomic E-state index is 0.0303. The molecular formula is C23H21FN4O5S. The van der Waals surface area contributed by atoms with E-state index < -0.39 is 42.8 Å². The Morgan fingerprint density at radius 1 is 1.03 bits per heavy atom. The molecule has 0 bridgehead atoms. The molecule has 0 N–H and O–H groups in total. The number of nitro groups is 1. The third-order valence-electron chi connectivity index (χ3n) is 5.52. The van der Waals surface area contributed by atoms with Crippen LogP contribution in [0.15, 0.2) is 71.8 Å². The van der Waals surface area contributed by atoms with Crippen LogP contribution >= 0.6 is 0 Å². The first-order valence-electron chi connectivity index (χ1n) is 10.5. The van der Waals surface area contributed by atoms with Crippen LogP contribution in [0.4, 0.5) is 15.9 Å². The van der Waals surface area contributed by atoms with Crippen molar-refractivity contribution < 1.29 is 22.5 Å². The molecule has 2 aromatic carbocycles. The molecule has 1 fully saturated rings. The van der Waals surface area contributed by atoms with E-state index in [0.717, 1.165) is 24.0 Å². The number of piperazine rings is 1. The van der Waals surface area contributed by atoms with Gasteiger partial charge in [-0.1, -0.05) is 18.2 Å². The number of nitrogens with zero attached hydrogens (tertiary/aromatic N) is 4. The van der Waals surface area contributed by atoms with Crippen molar-refractivity contribution in [1.82, 2.24) is 9.88 Å². The number of sulfone groups is 1. The van der Waals surface area contributed by atoms with Gasteiger partial charge in [0.05, 0.1) is 10.7 Å². The van der Waals surface area contributed by atoms with Crippen LogP contribution < -0.4 is 4.90 Å². The van der Waals surface area contributed by atoms with Crippen LogP contribution in [0.25, 0.3) is 0 Å². The molecule has 0 unspecified atom stereocenters. The highest BCUT2D eigenvalue weighted by Gasteiger charge is 2.29. The summed E-state index contributed by atoms with van der Waals surface area (Å²) in [6, 6.07) is 13.9. The summed E-state index contributed by atoms with van der Waals surface area (Å²) < 4.78 is 39.2. The maximum Gasteiger partial charge on any atom is 0.288 e. The van der Waals surface area contributed by atoms with Gasteiger partial charge in [0.25, 0.3) is 11.6 Å². The first-order valence-corrected chi connectivity index (χ1v) is 12.1. The van der Waals surface area contributed by atoms with Gasteiger partial charge in [0.15, 0.2) is 9.84 Å². The molecule has 1 aromatic heterocycles. The van der Waals surface area contributed by atoms with Crippen LogP contribution in [-0.4, -0.2) is 55.3 Å². The average molecular weight is 485 g/mol. The van der Waals surface area contributed by atoms with Gasteiger partial charge in [-0.3, -0.25) is 14.9 Å². The van der Waals surface area contributed by atoms with Crippen molar-refractivity contribution in [2.45, 2.75) is 10.6 Å². The van der Waals surface area contributed by atoms with E-state index >= 15 is 0 Å². The van der Waals surface area contributed by atoms with E-state index in [1.54, 1.807) is 11.1 Å². The highest BCUT2D eigenvalue weighted by molar-refractivity contribution is 7.90. The Labute approximate surface area is 195 Å². The predicted molar refractivity (Wildman–Crippen MR) is 123 cm³/mol. The fourth-order valence-electron chi connectivity index (χ4n) is 3.84. The van der Waals surface area contributed by atoms with Crippen LogP contribution in [-0.2, 0) is 15.6 Å². The van der Waals surface area contributed by atoms with Crippen LogP contribution in [0.2, 0.25) is 0 Å². The molecule has 4 rings (SSSR count). The summed E-state index contributed by atoms with van der Waals surface area (Å²) in [5.74, 6) is -0.823. The van der Waals surface area contributed by atoms with Crippen LogP contribution in [0.5, 0.6) is 0 Å². The molecular weight excluding hydrogens is 463 g/mol. The third-order valence-corrected chi connectivity index (χ3v) is 7.25. The lowest BCUT2D eigenvalue weighted by molar-refractivity contribution is -0.387. The summed E-state index contributed by atoms with van der Waals surface area (Å²) in [5.41, 5.74) is -0.489. The number of pyridine rings is 1. The number of hydrogen-bond donors (Lipinski definition) is 0. The minimum atomic E-state index is -4.16. The van der Waals surface area contributed by atoms with Crippen molar-refractivity contribution in [3.63, 3.8) is 0 Å². The van der Waals surface area contributed by atoms with Crippen molar-refractivity contribution in [2.24, 2.45) is 0 Å². The van der Waals surface area contributed by atoms with Gasteiger partial charge in [0, 0.05) is 44.0 Å². The normalized spacial score (nSPS) is 14.1. The zero-order chi connectivity index (χ0) is 24.3. The molecule has 3 aromatic rings. The quantitative estimate of drug-likeness (QED) is 0.390. The predicted octanol–water partition coefficient (Wildman–Crippen LogP) is 3.07. The number of benzene rings is 2. The molecule has 1 aliphatic heterocycles. The second-order valence-corrected chi connectivity index (χ2v) is 9.75. The molecule has 0 spiro atoms. The first-order chi connectivity index (χ1) is 16.2. The van der Waals surface area contributed by atoms with Crippen LogP contribution in [0, 0.1) is 15.9 Å². The zero-order valence-corrected chi connectivity index (χ0v) is 18.8. The second kappa shape index (κ2) is 9.56. The minimum Gasteiger partial charge on any atom is -0.353 e. The van der Waals surface area contributed by atoms with Gasteiger partial charge in [0.1, 0.15) is 16.5 Å². The smallest absolute Gasteiger partial charge is 0.288 e. The summed E-state index contributed by atoms with van der Waals surface area (Å²) >= 11 is 0. The van der Waals surface area contributed by atoms with Crippen molar-refractivity contribution in [2.75, 3.05) is 31.1 Å². The fourth-order valence-corrected chi connectivity index (χ4v) is 5.34. The lowest BCUT2D eigenvalue weighted by Gasteiger charge is -2.35. The molecule has 0 radical (unpaired) electrons. The SMILES string of the molecule is O=C(c1ccc(S(=O)(=O)Cc2cccc(F)c2)c([N+](=O)[O-])c1)N1CCN(c2ccccn2)CC1. The molecule has 34 heavy (non-hydrogen) atoms. The highest BCUT2D eigenvalue weighted by atomic mass is 32.2. The molecule has 2 heterocycles. The van der Waals surface area contributed by atoms with E-state index in [1.165, 1.54) is 24.3 Å². The van der Waals surface area contributed by atoms with Crippen molar-refractivity contribution in [3.8, 4) is 0 Å². The van der Waals surface area contributed by atoms with Gasteiger partial charge in [-0.15, -0.1) is 0 Å².